The molecule has 2 aromatic carbocycles. The summed E-state index contributed by atoms with van der Waals surface area (Å²) in [5.74, 6) is -2.01. The molecule has 29 heavy (non-hydrogen) atoms. The van der Waals surface area contributed by atoms with E-state index in [-0.39, 0.29) is 29.5 Å². The van der Waals surface area contributed by atoms with Crippen LogP contribution in [0.3, 0.4) is 0 Å². The van der Waals surface area contributed by atoms with E-state index in [9.17, 15) is 23.2 Å². The summed E-state index contributed by atoms with van der Waals surface area (Å²) in [5, 5.41) is 2.50. The predicted molar refractivity (Wildman–Crippen MR) is 99.6 cm³/mol. The monoisotopic (exact) mass is 407 g/mol. The van der Waals surface area contributed by atoms with Crippen LogP contribution in [0.2, 0.25) is 0 Å². The number of amides is 1. The van der Waals surface area contributed by atoms with E-state index in [2.05, 4.69) is 10.1 Å². The molecular weight excluding hydrogens is 388 g/mol. The summed E-state index contributed by atoms with van der Waals surface area (Å²) < 4.78 is 39.3. The molecule has 1 N–H and O–H groups in total. The van der Waals surface area contributed by atoms with Crippen molar-refractivity contribution < 1.29 is 37.4 Å². The highest BCUT2D eigenvalue weighted by Crippen LogP contribution is 2.30. The molecule has 9 heteroatoms. The van der Waals surface area contributed by atoms with Gasteiger partial charge in [-0.3, -0.25) is 9.59 Å². The molecule has 0 aromatic heterocycles. The van der Waals surface area contributed by atoms with Crippen LogP contribution in [0.1, 0.15) is 34.6 Å². The summed E-state index contributed by atoms with van der Waals surface area (Å²) >= 11 is 0. The number of halogens is 2. The normalized spacial score (nSPS) is 10.4. The maximum atomic E-state index is 12.4. The Balaban J connectivity index is 2.02. The smallest absolute Gasteiger partial charge is 0.387 e. The number of anilines is 1. The van der Waals surface area contributed by atoms with Crippen molar-refractivity contribution in [3.8, 4) is 11.5 Å². The van der Waals surface area contributed by atoms with Crippen LogP contribution < -0.4 is 14.8 Å². The molecule has 0 aliphatic rings. The van der Waals surface area contributed by atoms with Gasteiger partial charge in [-0.15, -0.1) is 0 Å². The molecule has 0 aliphatic heterocycles. The van der Waals surface area contributed by atoms with Crippen molar-refractivity contribution >= 4 is 23.3 Å². The highest BCUT2D eigenvalue weighted by atomic mass is 19.3. The molecule has 0 spiro atoms. The van der Waals surface area contributed by atoms with E-state index >= 15 is 0 Å². The van der Waals surface area contributed by atoms with Crippen molar-refractivity contribution in [2.24, 2.45) is 0 Å². The quantitative estimate of drug-likeness (QED) is 0.504. The van der Waals surface area contributed by atoms with Gasteiger partial charge in [-0.1, -0.05) is 12.1 Å². The number of para-hydroxylation sites is 1. The molecule has 0 heterocycles. The number of esters is 1. The molecule has 0 atom stereocenters. The number of rotatable bonds is 9. The number of alkyl halides is 2. The van der Waals surface area contributed by atoms with E-state index in [1.165, 1.54) is 19.1 Å². The summed E-state index contributed by atoms with van der Waals surface area (Å²) in [4.78, 5) is 35.8. The fraction of sp³-hybridized carbons (Fsp3) is 0.250. The van der Waals surface area contributed by atoms with Gasteiger partial charge >= 0.3 is 12.6 Å². The highest BCUT2D eigenvalue weighted by molar-refractivity contribution is 6.04. The predicted octanol–water partition coefficient (Wildman–Crippen LogP) is 3.68. The first-order valence-corrected chi connectivity index (χ1v) is 8.60. The van der Waals surface area contributed by atoms with E-state index in [1.807, 2.05) is 0 Å². The lowest BCUT2D eigenvalue weighted by atomic mass is 10.1. The van der Waals surface area contributed by atoms with Gasteiger partial charge in [0.1, 0.15) is 0 Å². The van der Waals surface area contributed by atoms with Crippen molar-refractivity contribution in [2.75, 3.05) is 18.5 Å². The Morgan fingerprint density at radius 2 is 1.79 bits per heavy atom. The summed E-state index contributed by atoms with van der Waals surface area (Å²) in [6.07, 6.45) is 0. The summed E-state index contributed by atoms with van der Waals surface area (Å²) in [6, 6.07) is 9.96. The van der Waals surface area contributed by atoms with Gasteiger partial charge in [0.05, 0.1) is 17.9 Å². The third-order valence-electron chi connectivity index (χ3n) is 3.61. The second kappa shape index (κ2) is 10.2. The maximum Gasteiger partial charge on any atom is 0.387 e. The summed E-state index contributed by atoms with van der Waals surface area (Å²) in [6.45, 7) is -0.489. The van der Waals surface area contributed by atoms with Crippen molar-refractivity contribution in [1.29, 1.82) is 0 Å². The number of carbonyl (C=O) groups excluding carboxylic acids is 3. The van der Waals surface area contributed by atoms with Crippen molar-refractivity contribution in [1.82, 2.24) is 0 Å². The van der Waals surface area contributed by atoms with Crippen molar-refractivity contribution in [2.45, 2.75) is 20.5 Å². The van der Waals surface area contributed by atoms with Crippen LogP contribution in [0.5, 0.6) is 11.5 Å². The zero-order valence-electron chi connectivity index (χ0n) is 15.7. The lowest BCUT2D eigenvalue weighted by Crippen LogP contribution is -2.22. The number of carbonyl (C=O) groups is 3. The van der Waals surface area contributed by atoms with Gasteiger partial charge in [0, 0.05) is 5.56 Å². The minimum absolute atomic E-state index is 0.00741. The molecule has 2 rings (SSSR count). The number of nitrogens with one attached hydrogen (secondary N) is 1. The topological polar surface area (TPSA) is 90.9 Å². The Bertz CT molecular complexity index is 900. The largest absolute Gasteiger partial charge is 0.490 e. The zero-order chi connectivity index (χ0) is 21.4. The third-order valence-corrected chi connectivity index (χ3v) is 3.61. The fourth-order valence-electron chi connectivity index (χ4n) is 2.40. The molecule has 0 saturated carbocycles. The first-order chi connectivity index (χ1) is 13.8. The minimum Gasteiger partial charge on any atom is -0.490 e. The average Bonchev–Trinajstić information content (AvgIpc) is 2.67. The Morgan fingerprint density at radius 3 is 2.45 bits per heavy atom. The van der Waals surface area contributed by atoms with Crippen LogP contribution in [0.25, 0.3) is 0 Å². The lowest BCUT2D eigenvalue weighted by Gasteiger charge is -2.13. The van der Waals surface area contributed by atoms with Crippen LogP contribution in [0, 0.1) is 0 Å². The van der Waals surface area contributed by atoms with E-state index in [1.54, 1.807) is 31.2 Å². The van der Waals surface area contributed by atoms with Gasteiger partial charge in [-0.05, 0) is 44.2 Å². The molecule has 2 aromatic rings. The first-order valence-electron chi connectivity index (χ1n) is 8.60. The first kappa shape index (κ1) is 21.8. The average molecular weight is 407 g/mol. The number of ketones is 1. The van der Waals surface area contributed by atoms with Gasteiger partial charge in [0.15, 0.2) is 23.9 Å². The van der Waals surface area contributed by atoms with Crippen molar-refractivity contribution in [3.63, 3.8) is 0 Å². The Hall–Kier alpha value is -3.49. The highest BCUT2D eigenvalue weighted by Gasteiger charge is 2.17. The maximum absolute atomic E-state index is 12.4. The molecular formula is C20H19F2NO6. The molecule has 0 aliphatic carbocycles. The van der Waals surface area contributed by atoms with Gasteiger partial charge in [-0.25, -0.2) is 4.79 Å². The molecule has 0 fully saturated rings. The third kappa shape index (κ3) is 6.27. The van der Waals surface area contributed by atoms with Crippen LogP contribution >= 0.6 is 0 Å². The molecule has 0 unspecified atom stereocenters. The number of hydrogen-bond donors (Lipinski definition) is 1. The lowest BCUT2D eigenvalue weighted by molar-refractivity contribution is -0.119. The number of benzene rings is 2. The number of ether oxygens (including phenoxy) is 3. The molecule has 0 radical (unpaired) electrons. The van der Waals surface area contributed by atoms with Crippen LogP contribution in [0.4, 0.5) is 14.5 Å². The molecule has 0 saturated heterocycles. The fourth-order valence-corrected chi connectivity index (χ4v) is 2.40. The Morgan fingerprint density at radius 1 is 1.07 bits per heavy atom. The summed E-state index contributed by atoms with van der Waals surface area (Å²) in [7, 11) is 0. The van der Waals surface area contributed by atoms with E-state index in [4.69, 9.17) is 9.47 Å². The Kier molecular flexibility index (Phi) is 7.64. The van der Waals surface area contributed by atoms with E-state index < -0.39 is 25.1 Å². The molecule has 0 bridgehead atoms. The standard InChI is InChI=1S/C20H19F2NO6/c1-3-27-17-10-13(8-9-16(17)29-20(21)22)19(26)28-11-18(25)23-15-7-5-4-6-14(15)12(2)24/h4-10,20H,3,11H2,1-2H3,(H,23,25). The number of Topliss-reactive ketones (excluding diaryl/α,β-unsaturated/α-hetero) is 1. The second-order valence-electron chi connectivity index (χ2n) is 5.70. The minimum atomic E-state index is -3.05. The molecule has 7 nitrogen and oxygen atoms in total. The van der Waals surface area contributed by atoms with Crippen LogP contribution in [-0.2, 0) is 9.53 Å². The molecule has 154 valence electrons. The Labute approximate surface area is 165 Å². The van der Waals surface area contributed by atoms with Crippen molar-refractivity contribution in [3.05, 3.63) is 53.6 Å². The van der Waals surface area contributed by atoms with E-state index in [0.29, 0.717) is 11.3 Å². The van der Waals surface area contributed by atoms with Crippen LogP contribution in [-0.4, -0.2) is 37.5 Å². The summed E-state index contributed by atoms with van der Waals surface area (Å²) in [5.41, 5.74) is 0.614. The number of hydrogen-bond acceptors (Lipinski definition) is 6. The zero-order valence-corrected chi connectivity index (χ0v) is 15.7. The van der Waals surface area contributed by atoms with Gasteiger partial charge in [0.2, 0.25) is 0 Å². The van der Waals surface area contributed by atoms with E-state index in [0.717, 1.165) is 6.07 Å². The SMILES string of the molecule is CCOc1cc(C(=O)OCC(=O)Nc2ccccc2C(C)=O)ccc1OC(F)F. The van der Waals surface area contributed by atoms with Crippen LogP contribution in [0.15, 0.2) is 42.5 Å². The molecule has 1 amide bonds. The second-order valence-corrected chi connectivity index (χ2v) is 5.70. The van der Waals surface area contributed by atoms with Gasteiger partial charge in [0.25, 0.3) is 5.91 Å². The van der Waals surface area contributed by atoms with Gasteiger partial charge in [-0.2, -0.15) is 8.78 Å². The van der Waals surface area contributed by atoms with Gasteiger partial charge < -0.3 is 19.5 Å².